The van der Waals surface area contributed by atoms with Crippen LogP contribution in [0, 0.1) is 12.8 Å². The largest absolute Gasteiger partial charge is 0.380 e. The number of likely N-dealkylation sites (tertiary alicyclic amines) is 1. The van der Waals surface area contributed by atoms with E-state index >= 15 is 0 Å². The highest BCUT2D eigenvalue weighted by Gasteiger charge is 2.35. The van der Waals surface area contributed by atoms with Crippen LogP contribution in [0.25, 0.3) is 0 Å². The van der Waals surface area contributed by atoms with Crippen LogP contribution in [0.1, 0.15) is 56.2 Å². The van der Waals surface area contributed by atoms with Gasteiger partial charge >= 0.3 is 0 Å². The van der Waals surface area contributed by atoms with Crippen molar-refractivity contribution in [2.75, 3.05) is 20.2 Å². The van der Waals surface area contributed by atoms with Crippen molar-refractivity contribution >= 4 is 0 Å². The monoisotopic (exact) mass is 278 g/mol. The summed E-state index contributed by atoms with van der Waals surface area (Å²) in [5.74, 6) is 2.77. The molecular formula is C15H26N4O. The molecule has 0 radical (unpaired) electrons. The molecule has 1 N–H and O–H groups in total. The van der Waals surface area contributed by atoms with Crippen molar-refractivity contribution in [3.8, 4) is 0 Å². The molecule has 1 saturated carbocycles. The van der Waals surface area contributed by atoms with Crippen molar-refractivity contribution in [1.29, 1.82) is 0 Å². The smallest absolute Gasteiger partial charge is 0.167 e. The minimum atomic E-state index is 0.322. The zero-order valence-electron chi connectivity index (χ0n) is 12.6. The summed E-state index contributed by atoms with van der Waals surface area (Å²) in [6.45, 7) is 4.13. The van der Waals surface area contributed by atoms with Gasteiger partial charge in [-0.25, -0.2) is 4.98 Å². The van der Waals surface area contributed by atoms with E-state index in [1.807, 2.05) is 14.0 Å². The molecule has 1 aliphatic carbocycles. The molecule has 0 unspecified atom stereocenters. The fourth-order valence-corrected chi connectivity index (χ4v) is 3.70. The van der Waals surface area contributed by atoms with Crippen molar-refractivity contribution in [3.63, 3.8) is 0 Å². The SMILES string of the molecule is CO[C@@H]1C[C@@H](c2n[nH]c(C)n2)N(CCC2CCCC2)C1. The quantitative estimate of drug-likeness (QED) is 0.899. The number of hydrogen-bond donors (Lipinski definition) is 1. The summed E-state index contributed by atoms with van der Waals surface area (Å²) < 4.78 is 5.56. The molecule has 1 aliphatic heterocycles. The van der Waals surface area contributed by atoms with E-state index in [1.54, 1.807) is 0 Å². The number of methoxy groups -OCH3 is 1. The van der Waals surface area contributed by atoms with Crippen molar-refractivity contribution in [2.45, 2.75) is 57.6 Å². The van der Waals surface area contributed by atoms with Crippen molar-refractivity contribution in [3.05, 3.63) is 11.6 Å². The number of aromatic nitrogens is 3. The van der Waals surface area contributed by atoms with Crippen LogP contribution in [-0.4, -0.2) is 46.4 Å². The molecule has 112 valence electrons. The van der Waals surface area contributed by atoms with E-state index < -0.39 is 0 Å². The number of nitrogens with zero attached hydrogens (tertiary/aromatic N) is 3. The maximum Gasteiger partial charge on any atom is 0.167 e. The Morgan fingerprint density at radius 1 is 1.35 bits per heavy atom. The Hall–Kier alpha value is -0.940. The zero-order valence-corrected chi connectivity index (χ0v) is 12.6. The number of hydrogen-bond acceptors (Lipinski definition) is 4. The maximum absolute atomic E-state index is 5.56. The first-order valence-electron chi connectivity index (χ1n) is 7.92. The molecule has 2 atom stereocenters. The third-order valence-corrected chi connectivity index (χ3v) is 4.91. The Morgan fingerprint density at radius 2 is 2.15 bits per heavy atom. The molecule has 0 bridgehead atoms. The van der Waals surface area contributed by atoms with Gasteiger partial charge in [-0.1, -0.05) is 25.7 Å². The average Bonchev–Trinajstić information content (AvgIpc) is 3.16. The third-order valence-electron chi connectivity index (χ3n) is 4.91. The van der Waals surface area contributed by atoms with Crippen LogP contribution in [0.2, 0.25) is 0 Å². The Kier molecular flexibility index (Phi) is 4.36. The van der Waals surface area contributed by atoms with Crippen LogP contribution in [0.3, 0.4) is 0 Å². The summed E-state index contributed by atoms with van der Waals surface area (Å²) in [5.41, 5.74) is 0. The lowest BCUT2D eigenvalue weighted by Gasteiger charge is -2.23. The van der Waals surface area contributed by atoms with Gasteiger partial charge in [-0.2, -0.15) is 5.10 Å². The van der Waals surface area contributed by atoms with E-state index in [-0.39, 0.29) is 0 Å². The predicted octanol–water partition coefficient (Wildman–Crippen LogP) is 2.46. The molecule has 2 fully saturated rings. The average molecular weight is 278 g/mol. The maximum atomic E-state index is 5.56. The van der Waals surface area contributed by atoms with Gasteiger partial charge in [0.2, 0.25) is 0 Å². The fraction of sp³-hybridized carbons (Fsp3) is 0.867. The number of aromatic amines is 1. The van der Waals surface area contributed by atoms with Crippen LogP contribution in [0.15, 0.2) is 0 Å². The predicted molar refractivity (Wildman–Crippen MR) is 77.4 cm³/mol. The fourth-order valence-electron chi connectivity index (χ4n) is 3.70. The highest BCUT2D eigenvalue weighted by molar-refractivity contribution is 5.01. The van der Waals surface area contributed by atoms with Crippen molar-refractivity contribution in [1.82, 2.24) is 20.1 Å². The normalized spacial score (nSPS) is 28.5. The van der Waals surface area contributed by atoms with Crippen molar-refractivity contribution < 1.29 is 4.74 Å². The van der Waals surface area contributed by atoms with E-state index in [2.05, 4.69) is 20.1 Å². The van der Waals surface area contributed by atoms with Gasteiger partial charge < -0.3 is 4.74 Å². The first kappa shape index (κ1) is 14.0. The van der Waals surface area contributed by atoms with E-state index in [9.17, 15) is 0 Å². The lowest BCUT2D eigenvalue weighted by atomic mass is 10.0. The van der Waals surface area contributed by atoms with Crippen molar-refractivity contribution in [2.24, 2.45) is 5.92 Å². The van der Waals surface area contributed by atoms with Gasteiger partial charge in [0.05, 0.1) is 12.1 Å². The van der Waals surface area contributed by atoms with Crippen LogP contribution < -0.4 is 0 Å². The van der Waals surface area contributed by atoms with E-state index in [0.29, 0.717) is 12.1 Å². The molecule has 5 nitrogen and oxygen atoms in total. The lowest BCUT2D eigenvalue weighted by molar-refractivity contribution is 0.107. The van der Waals surface area contributed by atoms with Gasteiger partial charge in [0.25, 0.3) is 0 Å². The minimum absolute atomic E-state index is 0.322. The molecule has 1 aromatic rings. The number of H-pyrrole nitrogens is 1. The molecular weight excluding hydrogens is 252 g/mol. The van der Waals surface area contributed by atoms with Crippen LogP contribution in [0.4, 0.5) is 0 Å². The number of aryl methyl sites for hydroxylation is 1. The molecule has 20 heavy (non-hydrogen) atoms. The Bertz CT molecular complexity index is 427. The second-order valence-corrected chi connectivity index (χ2v) is 6.32. The van der Waals surface area contributed by atoms with Gasteiger partial charge in [0.1, 0.15) is 5.82 Å². The van der Waals surface area contributed by atoms with Gasteiger partial charge in [0, 0.05) is 13.7 Å². The number of rotatable bonds is 5. The lowest BCUT2D eigenvalue weighted by Crippen LogP contribution is -2.28. The highest BCUT2D eigenvalue weighted by Crippen LogP contribution is 2.34. The summed E-state index contributed by atoms with van der Waals surface area (Å²) in [7, 11) is 1.81. The van der Waals surface area contributed by atoms with E-state index in [1.165, 1.54) is 32.1 Å². The first-order chi connectivity index (χ1) is 9.76. The van der Waals surface area contributed by atoms with Gasteiger partial charge in [-0.05, 0) is 32.2 Å². The second-order valence-electron chi connectivity index (χ2n) is 6.32. The molecule has 2 aliphatic rings. The summed E-state index contributed by atoms with van der Waals surface area (Å²) in [5, 5.41) is 7.33. The molecule has 3 rings (SSSR count). The first-order valence-corrected chi connectivity index (χ1v) is 7.92. The van der Waals surface area contributed by atoms with Gasteiger partial charge in [0.15, 0.2) is 5.82 Å². The van der Waals surface area contributed by atoms with Crippen LogP contribution in [-0.2, 0) is 4.74 Å². The van der Waals surface area contributed by atoms with Crippen LogP contribution in [0.5, 0.6) is 0 Å². The van der Waals surface area contributed by atoms with Gasteiger partial charge in [-0.15, -0.1) is 0 Å². The standard InChI is InChI=1S/C15H26N4O/c1-11-16-15(18-17-11)14-9-13(20-2)10-19(14)8-7-12-5-3-4-6-12/h12-14H,3-10H2,1-2H3,(H,16,17,18)/t13-,14+/m1/s1. The topological polar surface area (TPSA) is 54.0 Å². The van der Waals surface area contributed by atoms with Crippen LogP contribution >= 0.6 is 0 Å². The molecule has 2 heterocycles. The zero-order chi connectivity index (χ0) is 13.9. The van der Waals surface area contributed by atoms with E-state index in [0.717, 1.165) is 37.1 Å². The Labute approximate surface area is 121 Å². The second kappa shape index (κ2) is 6.22. The molecule has 0 spiro atoms. The molecule has 5 heteroatoms. The third kappa shape index (κ3) is 3.04. The number of nitrogens with one attached hydrogen (secondary N) is 1. The summed E-state index contributed by atoms with van der Waals surface area (Å²) in [6, 6.07) is 0.325. The Morgan fingerprint density at radius 3 is 2.80 bits per heavy atom. The van der Waals surface area contributed by atoms with Gasteiger partial charge in [-0.3, -0.25) is 10.00 Å². The number of ether oxygens (including phenoxy) is 1. The molecule has 1 saturated heterocycles. The molecule has 0 amide bonds. The van der Waals surface area contributed by atoms with E-state index in [4.69, 9.17) is 4.74 Å². The Balaban J connectivity index is 1.63. The summed E-state index contributed by atoms with van der Waals surface area (Å²) in [4.78, 5) is 7.05. The molecule has 0 aromatic carbocycles. The molecule has 1 aromatic heterocycles. The minimum Gasteiger partial charge on any atom is -0.380 e. The summed E-state index contributed by atoms with van der Waals surface area (Å²) in [6.07, 6.45) is 8.35. The summed E-state index contributed by atoms with van der Waals surface area (Å²) >= 11 is 0. The highest BCUT2D eigenvalue weighted by atomic mass is 16.5.